The Kier molecular flexibility index (Phi) is 4.65. The number of furan rings is 1. The second-order valence-electron chi connectivity index (χ2n) is 5.67. The third kappa shape index (κ3) is 3.65. The molecule has 0 unspecified atom stereocenters. The normalized spacial score (nSPS) is 11.9. The minimum Gasteiger partial charge on any atom is -0.467 e. The van der Waals surface area contributed by atoms with Crippen LogP contribution in [0, 0.1) is 0 Å². The van der Waals surface area contributed by atoms with Crippen molar-refractivity contribution in [2.75, 3.05) is 7.05 Å². The Hall–Kier alpha value is -3.02. The fraction of sp³-hybridized carbons (Fsp3) is 0.222. The lowest BCUT2D eigenvalue weighted by atomic mass is 10.2. The van der Waals surface area contributed by atoms with Gasteiger partial charge in [-0.05, 0) is 31.2 Å². The summed E-state index contributed by atoms with van der Waals surface area (Å²) in [5.41, 5.74) is 1.95. The zero-order chi connectivity index (χ0) is 16.9. The van der Waals surface area contributed by atoms with Crippen LogP contribution in [-0.4, -0.2) is 27.8 Å². The topological polar surface area (TPSA) is 63.3 Å². The molecule has 0 radical (unpaired) electrons. The first-order valence-corrected chi connectivity index (χ1v) is 7.77. The molecule has 0 spiro atoms. The summed E-state index contributed by atoms with van der Waals surface area (Å²) in [6.45, 7) is 2.36. The van der Waals surface area contributed by atoms with Crippen molar-refractivity contribution in [3.63, 3.8) is 0 Å². The Morgan fingerprint density at radius 1 is 1.29 bits per heavy atom. The zero-order valence-corrected chi connectivity index (χ0v) is 13.7. The summed E-state index contributed by atoms with van der Waals surface area (Å²) in [5.74, 6) is 0.730. The van der Waals surface area contributed by atoms with Gasteiger partial charge in [-0.25, -0.2) is 9.48 Å². The van der Waals surface area contributed by atoms with Gasteiger partial charge in [-0.3, -0.25) is 0 Å². The van der Waals surface area contributed by atoms with E-state index >= 15 is 0 Å². The fourth-order valence-corrected chi connectivity index (χ4v) is 2.41. The first-order chi connectivity index (χ1) is 11.6. The first-order valence-electron chi connectivity index (χ1n) is 7.77. The molecule has 1 aromatic carbocycles. The number of aromatic nitrogens is 2. The molecule has 0 aliphatic rings. The van der Waals surface area contributed by atoms with Crippen molar-refractivity contribution in [3.05, 3.63) is 72.4 Å². The highest BCUT2D eigenvalue weighted by Gasteiger charge is 2.15. The molecule has 3 rings (SSSR count). The predicted molar refractivity (Wildman–Crippen MR) is 90.7 cm³/mol. The van der Waals surface area contributed by atoms with Crippen LogP contribution in [0.1, 0.15) is 24.3 Å². The molecule has 3 aromatic rings. The van der Waals surface area contributed by atoms with E-state index in [-0.39, 0.29) is 12.1 Å². The maximum Gasteiger partial charge on any atom is 0.318 e. The van der Waals surface area contributed by atoms with Crippen LogP contribution in [0.3, 0.4) is 0 Å². The van der Waals surface area contributed by atoms with Crippen LogP contribution < -0.4 is 5.32 Å². The van der Waals surface area contributed by atoms with Crippen LogP contribution in [-0.2, 0) is 6.54 Å². The number of carbonyl (C=O) groups is 1. The van der Waals surface area contributed by atoms with E-state index in [0.717, 1.165) is 17.0 Å². The molecule has 6 nitrogen and oxygen atoms in total. The number of benzene rings is 1. The molecule has 0 bridgehead atoms. The lowest BCUT2D eigenvalue weighted by Gasteiger charge is -2.19. The van der Waals surface area contributed by atoms with Gasteiger partial charge in [-0.15, -0.1) is 0 Å². The van der Waals surface area contributed by atoms with Gasteiger partial charge in [-0.2, -0.15) is 5.10 Å². The van der Waals surface area contributed by atoms with Crippen LogP contribution in [0.2, 0.25) is 0 Å². The van der Waals surface area contributed by atoms with Gasteiger partial charge >= 0.3 is 6.03 Å². The molecule has 0 aliphatic carbocycles. The molecule has 124 valence electrons. The molecular formula is C18H20N4O2. The number of rotatable bonds is 5. The highest BCUT2D eigenvalue weighted by Crippen LogP contribution is 2.13. The summed E-state index contributed by atoms with van der Waals surface area (Å²) < 4.78 is 7.10. The van der Waals surface area contributed by atoms with Gasteiger partial charge in [-0.1, -0.05) is 18.2 Å². The molecule has 2 heterocycles. The summed E-state index contributed by atoms with van der Waals surface area (Å²) in [5, 5.41) is 7.25. The minimum atomic E-state index is -0.179. The number of para-hydroxylation sites is 1. The monoisotopic (exact) mass is 324 g/mol. The van der Waals surface area contributed by atoms with Crippen LogP contribution in [0.25, 0.3) is 5.69 Å². The number of urea groups is 1. The predicted octanol–water partition coefficient (Wildman–Crippen LogP) is 3.37. The van der Waals surface area contributed by atoms with E-state index in [0.29, 0.717) is 6.54 Å². The van der Waals surface area contributed by atoms with E-state index in [4.69, 9.17) is 4.42 Å². The lowest BCUT2D eigenvalue weighted by Crippen LogP contribution is -2.38. The van der Waals surface area contributed by atoms with Crippen molar-refractivity contribution < 1.29 is 9.21 Å². The average Bonchev–Trinajstić information content (AvgIpc) is 3.27. The zero-order valence-electron chi connectivity index (χ0n) is 13.7. The molecular weight excluding hydrogens is 304 g/mol. The Bertz CT molecular complexity index is 780. The van der Waals surface area contributed by atoms with Crippen LogP contribution in [0.4, 0.5) is 4.79 Å². The molecule has 2 amide bonds. The van der Waals surface area contributed by atoms with E-state index < -0.39 is 0 Å². The number of nitrogens with zero attached hydrogens (tertiary/aromatic N) is 3. The smallest absolute Gasteiger partial charge is 0.318 e. The fourth-order valence-electron chi connectivity index (χ4n) is 2.41. The summed E-state index contributed by atoms with van der Waals surface area (Å²) in [6, 6.07) is 13.2. The van der Waals surface area contributed by atoms with Crippen LogP contribution in [0.5, 0.6) is 0 Å². The summed E-state index contributed by atoms with van der Waals surface area (Å²) >= 11 is 0. The van der Waals surface area contributed by atoms with Crippen LogP contribution in [0.15, 0.2) is 65.5 Å². The van der Waals surface area contributed by atoms with E-state index in [9.17, 15) is 4.79 Å². The largest absolute Gasteiger partial charge is 0.467 e. The summed E-state index contributed by atoms with van der Waals surface area (Å²) in [6.07, 6.45) is 5.29. The highest BCUT2D eigenvalue weighted by molar-refractivity contribution is 5.74. The average molecular weight is 324 g/mol. The van der Waals surface area contributed by atoms with E-state index in [1.807, 2.05) is 49.5 Å². The minimum absolute atomic E-state index is 0.161. The highest BCUT2D eigenvalue weighted by atomic mass is 16.3. The summed E-state index contributed by atoms with van der Waals surface area (Å²) in [4.78, 5) is 13.9. The van der Waals surface area contributed by atoms with Crippen molar-refractivity contribution in [3.8, 4) is 5.69 Å². The van der Waals surface area contributed by atoms with Gasteiger partial charge < -0.3 is 14.6 Å². The molecule has 0 aliphatic heterocycles. The van der Waals surface area contributed by atoms with Crippen molar-refractivity contribution in [2.24, 2.45) is 0 Å². The Morgan fingerprint density at radius 2 is 2.08 bits per heavy atom. The van der Waals surface area contributed by atoms with Gasteiger partial charge in [0.2, 0.25) is 0 Å². The SMILES string of the molecule is C[C@@H](NC(=O)N(C)Cc1cnn(-c2ccccc2)c1)c1ccco1. The van der Waals surface area contributed by atoms with Gasteiger partial charge in [0, 0.05) is 18.8 Å². The number of amides is 2. The van der Waals surface area contributed by atoms with Crippen LogP contribution >= 0.6 is 0 Å². The summed E-state index contributed by atoms with van der Waals surface area (Å²) in [7, 11) is 1.75. The molecule has 0 saturated heterocycles. The van der Waals surface area contributed by atoms with E-state index in [1.54, 1.807) is 35.2 Å². The van der Waals surface area contributed by atoms with Crippen molar-refractivity contribution in [1.29, 1.82) is 0 Å². The molecule has 2 aromatic heterocycles. The van der Waals surface area contributed by atoms with E-state index in [2.05, 4.69) is 10.4 Å². The second-order valence-corrected chi connectivity index (χ2v) is 5.67. The van der Waals surface area contributed by atoms with Crippen molar-refractivity contribution >= 4 is 6.03 Å². The first kappa shape index (κ1) is 15.9. The number of carbonyl (C=O) groups excluding carboxylic acids is 1. The Morgan fingerprint density at radius 3 is 2.79 bits per heavy atom. The Balaban J connectivity index is 1.59. The van der Waals surface area contributed by atoms with Gasteiger partial charge in [0.25, 0.3) is 0 Å². The molecule has 24 heavy (non-hydrogen) atoms. The quantitative estimate of drug-likeness (QED) is 0.782. The van der Waals surface area contributed by atoms with Gasteiger partial charge in [0.1, 0.15) is 5.76 Å². The number of nitrogens with one attached hydrogen (secondary N) is 1. The number of hydrogen-bond acceptors (Lipinski definition) is 3. The van der Waals surface area contributed by atoms with Gasteiger partial charge in [0.05, 0.1) is 30.7 Å². The maximum absolute atomic E-state index is 12.3. The van der Waals surface area contributed by atoms with Crippen molar-refractivity contribution in [1.82, 2.24) is 20.0 Å². The molecule has 0 fully saturated rings. The number of hydrogen-bond donors (Lipinski definition) is 1. The standard InChI is InChI=1S/C18H20N4O2/c1-14(17-9-6-10-24-17)20-18(23)21(2)12-15-11-19-22(13-15)16-7-4-3-5-8-16/h3-11,13-14H,12H2,1-2H3,(H,20,23)/t14-/m1/s1. The third-order valence-corrected chi connectivity index (χ3v) is 3.73. The molecule has 0 saturated carbocycles. The Labute approximate surface area is 140 Å². The second kappa shape index (κ2) is 7.04. The molecule has 1 atom stereocenters. The molecule has 1 N–H and O–H groups in total. The lowest BCUT2D eigenvalue weighted by molar-refractivity contribution is 0.202. The molecule has 6 heteroatoms. The van der Waals surface area contributed by atoms with Crippen molar-refractivity contribution in [2.45, 2.75) is 19.5 Å². The maximum atomic E-state index is 12.3. The van der Waals surface area contributed by atoms with E-state index in [1.165, 1.54) is 0 Å². The van der Waals surface area contributed by atoms with Gasteiger partial charge in [0.15, 0.2) is 0 Å². The third-order valence-electron chi connectivity index (χ3n) is 3.73.